The highest BCUT2D eigenvalue weighted by molar-refractivity contribution is 5.19. The van der Waals surface area contributed by atoms with Gasteiger partial charge in [0.1, 0.15) is 11.8 Å². The van der Waals surface area contributed by atoms with E-state index < -0.39 is 0 Å². The van der Waals surface area contributed by atoms with Gasteiger partial charge in [0.2, 0.25) is 5.76 Å². The number of likely N-dealkylation sites (tertiary alicyclic amines) is 1. The first kappa shape index (κ1) is 15.5. The molecule has 2 heterocycles. The van der Waals surface area contributed by atoms with E-state index in [-0.39, 0.29) is 6.10 Å². The van der Waals surface area contributed by atoms with Crippen molar-refractivity contribution < 1.29 is 9.52 Å². The third-order valence-electron chi connectivity index (χ3n) is 5.03. The Labute approximate surface area is 131 Å². The monoisotopic (exact) mass is 303 g/mol. The fourth-order valence-corrected chi connectivity index (χ4v) is 3.73. The third kappa shape index (κ3) is 3.70. The number of hydrogen-bond acceptors (Lipinski definition) is 5. The molecule has 1 aliphatic heterocycles. The average Bonchev–Trinajstić information content (AvgIpc) is 3.02. The van der Waals surface area contributed by atoms with Crippen molar-refractivity contribution in [2.24, 2.45) is 0 Å². The topological polar surface area (TPSA) is 72.4 Å². The molecule has 5 nitrogen and oxygen atoms in total. The molecule has 0 radical (unpaired) electrons. The molecule has 2 N–H and O–H groups in total. The van der Waals surface area contributed by atoms with E-state index in [0.29, 0.717) is 24.4 Å². The van der Waals surface area contributed by atoms with Crippen LogP contribution in [0.2, 0.25) is 0 Å². The van der Waals surface area contributed by atoms with Gasteiger partial charge in [-0.15, -0.1) is 0 Å². The molecular weight excluding hydrogens is 278 g/mol. The molecule has 0 amide bonds. The first-order valence-electron chi connectivity index (χ1n) is 8.40. The Kier molecular flexibility index (Phi) is 5.14. The molecule has 0 bridgehead atoms. The Hall–Kier alpha value is -1.35. The van der Waals surface area contributed by atoms with Crippen molar-refractivity contribution in [3.8, 4) is 6.07 Å². The van der Waals surface area contributed by atoms with Crippen LogP contribution in [0.1, 0.15) is 50.0 Å². The van der Waals surface area contributed by atoms with Crippen LogP contribution in [0.5, 0.6) is 0 Å². The first-order valence-corrected chi connectivity index (χ1v) is 8.40. The first-order chi connectivity index (χ1) is 10.8. The second kappa shape index (κ2) is 7.28. The molecule has 2 atom stereocenters. The molecule has 5 heteroatoms. The molecular formula is C17H25N3O2. The standard InChI is InChI=1S/C17H25N3O2/c18-11-14-5-6-15(22-14)12-19-13-7-9-20(10-8-13)16-3-1-2-4-17(16)21/h5-6,13,16-17,19,21H,1-4,7-10,12H2. The molecule has 2 unspecified atom stereocenters. The SMILES string of the molecule is N#Cc1ccc(CNC2CCN(C3CCCCC3O)CC2)o1. The van der Waals surface area contributed by atoms with E-state index in [2.05, 4.69) is 10.2 Å². The summed E-state index contributed by atoms with van der Waals surface area (Å²) in [5, 5.41) is 22.4. The van der Waals surface area contributed by atoms with Crippen molar-refractivity contribution in [2.75, 3.05) is 13.1 Å². The Morgan fingerprint density at radius 3 is 2.68 bits per heavy atom. The van der Waals surface area contributed by atoms with E-state index in [4.69, 9.17) is 9.68 Å². The summed E-state index contributed by atoms with van der Waals surface area (Å²) in [6.45, 7) is 2.79. The maximum Gasteiger partial charge on any atom is 0.203 e. The molecule has 0 aromatic carbocycles. The van der Waals surface area contributed by atoms with Crippen LogP contribution in [-0.4, -0.2) is 41.3 Å². The summed E-state index contributed by atoms with van der Waals surface area (Å²) in [5.74, 6) is 1.19. The van der Waals surface area contributed by atoms with E-state index in [1.54, 1.807) is 6.07 Å². The Balaban J connectivity index is 1.42. The van der Waals surface area contributed by atoms with Gasteiger partial charge in [-0.1, -0.05) is 12.8 Å². The van der Waals surface area contributed by atoms with Crippen LogP contribution in [0, 0.1) is 11.3 Å². The van der Waals surface area contributed by atoms with Crippen LogP contribution < -0.4 is 5.32 Å². The van der Waals surface area contributed by atoms with Gasteiger partial charge in [-0.05, 0) is 37.8 Å². The third-order valence-corrected chi connectivity index (χ3v) is 5.03. The number of nitriles is 1. The number of hydrogen-bond donors (Lipinski definition) is 2. The lowest BCUT2D eigenvalue weighted by molar-refractivity contribution is 0.00706. The van der Waals surface area contributed by atoms with Crippen molar-refractivity contribution in [3.05, 3.63) is 23.7 Å². The average molecular weight is 303 g/mol. The summed E-state index contributed by atoms with van der Waals surface area (Å²) in [4.78, 5) is 2.47. The van der Waals surface area contributed by atoms with Gasteiger partial charge in [0.25, 0.3) is 0 Å². The van der Waals surface area contributed by atoms with Crippen molar-refractivity contribution in [1.82, 2.24) is 10.2 Å². The minimum absolute atomic E-state index is 0.134. The number of rotatable bonds is 4. The van der Waals surface area contributed by atoms with Gasteiger partial charge in [-0.2, -0.15) is 5.26 Å². The van der Waals surface area contributed by atoms with E-state index in [9.17, 15) is 5.11 Å². The zero-order chi connectivity index (χ0) is 15.4. The molecule has 2 aliphatic rings. The number of aliphatic hydroxyl groups excluding tert-OH is 1. The number of furan rings is 1. The van der Waals surface area contributed by atoms with E-state index >= 15 is 0 Å². The number of aliphatic hydroxyl groups is 1. The molecule has 22 heavy (non-hydrogen) atoms. The van der Waals surface area contributed by atoms with Gasteiger partial charge in [0, 0.05) is 25.2 Å². The molecule has 1 saturated heterocycles. The molecule has 1 saturated carbocycles. The van der Waals surface area contributed by atoms with Crippen LogP contribution in [0.4, 0.5) is 0 Å². The van der Waals surface area contributed by atoms with E-state index in [1.807, 2.05) is 12.1 Å². The Morgan fingerprint density at radius 2 is 2.00 bits per heavy atom. The van der Waals surface area contributed by atoms with Crippen molar-refractivity contribution in [1.29, 1.82) is 5.26 Å². The summed E-state index contributed by atoms with van der Waals surface area (Å²) in [6.07, 6.45) is 6.60. The predicted octanol–water partition coefficient (Wildman–Crippen LogP) is 2.01. The highest BCUT2D eigenvalue weighted by Gasteiger charge is 2.31. The number of nitrogens with zero attached hydrogens (tertiary/aromatic N) is 2. The van der Waals surface area contributed by atoms with Crippen LogP contribution in [0.3, 0.4) is 0 Å². The minimum Gasteiger partial charge on any atom is -0.449 e. The summed E-state index contributed by atoms with van der Waals surface area (Å²) < 4.78 is 5.39. The van der Waals surface area contributed by atoms with Crippen LogP contribution >= 0.6 is 0 Å². The van der Waals surface area contributed by atoms with Crippen LogP contribution in [0.15, 0.2) is 16.5 Å². The Morgan fingerprint density at radius 1 is 1.23 bits per heavy atom. The highest BCUT2D eigenvalue weighted by atomic mass is 16.3. The zero-order valence-electron chi connectivity index (χ0n) is 13.0. The van der Waals surface area contributed by atoms with Crippen molar-refractivity contribution >= 4 is 0 Å². The smallest absolute Gasteiger partial charge is 0.203 e. The van der Waals surface area contributed by atoms with Crippen molar-refractivity contribution in [2.45, 2.75) is 63.3 Å². The summed E-state index contributed by atoms with van der Waals surface area (Å²) in [5.41, 5.74) is 0. The quantitative estimate of drug-likeness (QED) is 0.890. The van der Waals surface area contributed by atoms with Gasteiger partial charge in [0.05, 0.1) is 12.6 Å². The van der Waals surface area contributed by atoms with Gasteiger partial charge < -0.3 is 14.8 Å². The predicted molar refractivity (Wildman–Crippen MR) is 83.1 cm³/mol. The molecule has 3 rings (SSSR count). The molecule has 0 spiro atoms. The second-order valence-corrected chi connectivity index (χ2v) is 6.49. The van der Waals surface area contributed by atoms with Gasteiger partial charge >= 0.3 is 0 Å². The summed E-state index contributed by atoms with van der Waals surface area (Å²) in [6, 6.07) is 6.45. The fourth-order valence-electron chi connectivity index (χ4n) is 3.73. The summed E-state index contributed by atoms with van der Waals surface area (Å²) >= 11 is 0. The zero-order valence-corrected chi connectivity index (χ0v) is 13.0. The van der Waals surface area contributed by atoms with E-state index in [0.717, 1.165) is 44.5 Å². The fraction of sp³-hybridized carbons (Fsp3) is 0.706. The maximum absolute atomic E-state index is 10.2. The second-order valence-electron chi connectivity index (χ2n) is 6.49. The van der Waals surface area contributed by atoms with Gasteiger partial charge in [-0.25, -0.2) is 0 Å². The van der Waals surface area contributed by atoms with Gasteiger partial charge in [0.15, 0.2) is 0 Å². The normalized spacial score (nSPS) is 27.6. The maximum atomic E-state index is 10.2. The molecule has 1 aromatic rings. The molecule has 2 fully saturated rings. The lowest BCUT2D eigenvalue weighted by Crippen LogP contribution is -2.51. The van der Waals surface area contributed by atoms with E-state index in [1.165, 1.54) is 12.8 Å². The molecule has 1 aromatic heterocycles. The number of piperidine rings is 1. The molecule has 120 valence electrons. The lowest BCUT2D eigenvalue weighted by atomic mass is 9.89. The summed E-state index contributed by atoms with van der Waals surface area (Å²) in [7, 11) is 0. The Bertz CT molecular complexity index is 514. The number of nitrogens with one attached hydrogen (secondary N) is 1. The van der Waals surface area contributed by atoms with Crippen LogP contribution in [-0.2, 0) is 6.54 Å². The largest absolute Gasteiger partial charge is 0.449 e. The van der Waals surface area contributed by atoms with Gasteiger partial charge in [-0.3, -0.25) is 4.90 Å². The van der Waals surface area contributed by atoms with Crippen molar-refractivity contribution in [3.63, 3.8) is 0 Å². The highest BCUT2D eigenvalue weighted by Crippen LogP contribution is 2.26. The van der Waals surface area contributed by atoms with Crippen LogP contribution in [0.25, 0.3) is 0 Å². The lowest BCUT2D eigenvalue weighted by Gasteiger charge is -2.41. The minimum atomic E-state index is -0.134. The molecule has 1 aliphatic carbocycles.